The van der Waals surface area contributed by atoms with E-state index >= 15 is 0 Å². The van der Waals surface area contributed by atoms with Gasteiger partial charge in [-0.2, -0.15) is 0 Å². The predicted molar refractivity (Wildman–Crippen MR) is 140 cm³/mol. The third-order valence-electron chi connectivity index (χ3n) is 6.38. The Morgan fingerprint density at radius 3 is 1.76 bits per heavy atom. The van der Waals surface area contributed by atoms with Crippen LogP contribution in [0.15, 0.2) is 83.8 Å². The summed E-state index contributed by atoms with van der Waals surface area (Å²) in [5.41, 5.74) is 14.6. The molecule has 0 spiro atoms. The molecule has 10 heteroatoms. The quantitative estimate of drug-likeness (QED) is 0.166. The van der Waals surface area contributed by atoms with Gasteiger partial charge in [0, 0.05) is 22.5 Å². The van der Waals surface area contributed by atoms with Crippen LogP contribution in [0.4, 0.5) is 22.7 Å². The van der Waals surface area contributed by atoms with E-state index in [0.29, 0.717) is 11.4 Å². The number of aryl methyl sites for hydroxylation is 2. The molecule has 38 heavy (non-hydrogen) atoms. The molecule has 0 unspecified atom stereocenters. The van der Waals surface area contributed by atoms with Gasteiger partial charge in [-0.3, -0.25) is 9.59 Å². The van der Waals surface area contributed by atoms with Gasteiger partial charge in [0.1, 0.15) is 10.1 Å². The van der Waals surface area contributed by atoms with Crippen molar-refractivity contribution in [3.05, 3.63) is 112 Å². The molecule has 5 N–H and O–H groups in total. The van der Waals surface area contributed by atoms with Crippen LogP contribution in [0, 0.1) is 0 Å². The summed E-state index contributed by atoms with van der Waals surface area (Å²) in [5.74, 6) is -1.11. The molecule has 0 saturated carbocycles. The van der Waals surface area contributed by atoms with E-state index in [4.69, 9.17) is 11.5 Å². The third-order valence-corrected chi connectivity index (χ3v) is 7.26. The van der Waals surface area contributed by atoms with Gasteiger partial charge in [-0.15, -0.1) is 0 Å². The van der Waals surface area contributed by atoms with Crippen LogP contribution in [0.1, 0.15) is 43.0 Å². The van der Waals surface area contributed by atoms with E-state index in [1.54, 1.807) is 24.3 Å². The molecule has 0 heterocycles. The van der Waals surface area contributed by atoms with E-state index in [1.807, 2.05) is 36.4 Å². The number of carbonyl (C=O) groups is 2. The summed E-state index contributed by atoms with van der Waals surface area (Å²) in [6.45, 7) is 0. The van der Waals surface area contributed by atoms with Crippen LogP contribution in [-0.4, -0.2) is 24.5 Å². The van der Waals surface area contributed by atoms with Gasteiger partial charge in [-0.05, 0) is 54.3 Å². The molecule has 0 fully saturated rings. The number of hydrogen-bond donors (Lipinski definition) is 3. The van der Waals surface area contributed by atoms with Crippen LogP contribution >= 0.6 is 0 Å². The Hall–Kier alpha value is -3.47. The van der Waals surface area contributed by atoms with E-state index in [0.717, 1.165) is 30.0 Å². The summed E-state index contributed by atoms with van der Waals surface area (Å²) in [6.07, 6.45) is 1.60. The van der Waals surface area contributed by atoms with Crippen LogP contribution in [0.5, 0.6) is 0 Å². The predicted octanol–water partition coefficient (Wildman–Crippen LogP) is 1.06. The summed E-state index contributed by atoms with van der Waals surface area (Å²) < 4.78 is 35.9. The topological polar surface area (TPSA) is 155 Å². The molecular weight excluding hydrogens is 513 g/mol. The van der Waals surface area contributed by atoms with Gasteiger partial charge < -0.3 is 21.3 Å². The normalized spacial score (nSPS) is 12.3. The number of hydrogen-bond acceptors (Lipinski definition) is 8. The largest absolute Gasteiger partial charge is 1.00 e. The van der Waals surface area contributed by atoms with E-state index < -0.39 is 32.3 Å². The number of fused-ring (bicyclic) bond motifs is 2. The molecule has 0 atom stereocenters. The molecule has 4 aromatic rings. The first kappa shape index (κ1) is 27.6. The zero-order valence-electron chi connectivity index (χ0n) is 20.5. The maximum absolute atomic E-state index is 13.4. The second-order valence-corrected chi connectivity index (χ2v) is 10.2. The van der Waals surface area contributed by atoms with Gasteiger partial charge in [-0.25, -0.2) is 8.42 Å². The van der Waals surface area contributed by atoms with Crippen LogP contribution in [0.3, 0.4) is 0 Å². The van der Waals surface area contributed by atoms with Crippen molar-refractivity contribution in [2.75, 3.05) is 16.8 Å². The first-order valence-corrected chi connectivity index (χ1v) is 12.9. The molecule has 4 aromatic carbocycles. The minimum atomic E-state index is -5.03. The summed E-state index contributed by atoms with van der Waals surface area (Å²) in [6, 6.07) is 22.2. The van der Waals surface area contributed by atoms with Crippen molar-refractivity contribution < 1.29 is 52.1 Å². The van der Waals surface area contributed by atoms with Crippen LogP contribution in [0.2, 0.25) is 0 Å². The average molecular weight is 536 g/mol. The molecule has 0 saturated heterocycles. The van der Waals surface area contributed by atoms with Gasteiger partial charge in [-0.1, -0.05) is 48.5 Å². The van der Waals surface area contributed by atoms with Crippen molar-refractivity contribution in [1.29, 1.82) is 0 Å². The van der Waals surface area contributed by atoms with Gasteiger partial charge >= 0.3 is 29.6 Å². The zero-order valence-corrected chi connectivity index (χ0v) is 23.3. The van der Waals surface area contributed by atoms with Gasteiger partial charge in [0.15, 0.2) is 11.6 Å². The minimum Gasteiger partial charge on any atom is -0.744 e. The van der Waals surface area contributed by atoms with Crippen molar-refractivity contribution in [1.82, 2.24) is 0 Å². The average Bonchev–Trinajstić information content (AvgIpc) is 2.88. The van der Waals surface area contributed by atoms with E-state index in [1.165, 1.54) is 12.1 Å². The van der Waals surface area contributed by atoms with E-state index in [9.17, 15) is 22.6 Å². The SMILES string of the molecule is Nc1ccc(CCc2ccc(Nc3cc(S(=O)(=O)[O-])c(N)c4c3C(=O)c3ccccc3C4=O)cc2)cc1.[Na+]. The number of benzene rings is 4. The Morgan fingerprint density at radius 1 is 0.737 bits per heavy atom. The Morgan fingerprint density at radius 2 is 1.24 bits per heavy atom. The fourth-order valence-electron chi connectivity index (χ4n) is 4.48. The van der Waals surface area contributed by atoms with Gasteiger partial charge in [0.2, 0.25) is 0 Å². The maximum atomic E-state index is 13.4. The molecule has 5 rings (SSSR count). The second kappa shape index (κ2) is 10.7. The molecule has 0 aromatic heterocycles. The number of ketones is 2. The van der Waals surface area contributed by atoms with Crippen LogP contribution in [-0.2, 0) is 23.0 Å². The Bertz CT molecular complexity index is 1670. The standard InChI is InChI=1S/C28H23N3O5S.Na/c29-18-11-7-16(8-12-18)5-6-17-9-13-19(14-10-17)31-22-15-23(37(34,35)36)26(30)25-24(22)27(32)20-3-1-2-4-21(20)28(25)33;/h1-4,7-15,31H,5-6,29-30H2,(H,34,35,36);/q;+1/p-1. The maximum Gasteiger partial charge on any atom is 1.00 e. The summed E-state index contributed by atoms with van der Waals surface area (Å²) in [4.78, 5) is 25.9. The Labute approximate surface area is 242 Å². The number of rotatable bonds is 6. The van der Waals surface area contributed by atoms with E-state index in [-0.39, 0.29) is 57.5 Å². The summed E-state index contributed by atoms with van der Waals surface area (Å²) >= 11 is 0. The van der Waals surface area contributed by atoms with Crippen molar-refractivity contribution in [2.24, 2.45) is 0 Å². The molecule has 0 bridgehead atoms. The molecule has 186 valence electrons. The number of nitrogens with two attached hydrogens (primary N) is 2. The van der Waals surface area contributed by atoms with Crippen molar-refractivity contribution >= 4 is 44.4 Å². The number of anilines is 4. The second-order valence-electron chi connectivity index (χ2n) is 8.81. The molecule has 0 amide bonds. The molecule has 0 radical (unpaired) electrons. The molecule has 1 aliphatic carbocycles. The van der Waals surface area contributed by atoms with Crippen molar-refractivity contribution in [3.8, 4) is 0 Å². The first-order chi connectivity index (χ1) is 17.6. The smallest absolute Gasteiger partial charge is 0.744 e. The summed E-state index contributed by atoms with van der Waals surface area (Å²) in [5, 5.41) is 3.01. The third kappa shape index (κ3) is 5.24. The first-order valence-electron chi connectivity index (χ1n) is 11.4. The molecule has 0 aliphatic heterocycles. The minimum absolute atomic E-state index is 0. The monoisotopic (exact) mass is 535 g/mol. The number of nitrogen functional groups attached to an aromatic ring is 2. The number of nitrogens with one attached hydrogen (secondary N) is 1. The molecule has 1 aliphatic rings. The fourth-order valence-corrected chi connectivity index (χ4v) is 5.12. The molecular formula is C28H22N3NaO5S. The Kier molecular flexibility index (Phi) is 7.78. The zero-order chi connectivity index (χ0) is 26.3. The van der Waals surface area contributed by atoms with Gasteiger partial charge in [0.25, 0.3) is 0 Å². The van der Waals surface area contributed by atoms with Crippen molar-refractivity contribution in [3.63, 3.8) is 0 Å². The molecule has 8 nitrogen and oxygen atoms in total. The van der Waals surface area contributed by atoms with E-state index in [2.05, 4.69) is 5.32 Å². The fraction of sp³-hybridized carbons (Fsp3) is 0.0714. The number of carbonyl (C=O) groups excluding carboxylic acids is 2. The summed E-state index contributed by atoms with van der Waals surface area (Å²) in [7, 11) is -5.03. The van der Waals surface area contributed by atoms with Crippen LogP contribution < -0.4 is 46.3 Å². The van der Waals surface area contributed by atoms with Gasteiger partial charge in [0.05, 0.1) is 27.4 Å². The van der Waals surface area contributed by atoms with Crippen LogP contribution in [0.25, 0.3) is 0 Å². The Balaban J connectivity index is 0.00000336. The van der Waals surface area contributed by atoms with Crippen molar-refractivity contribution in [2.45, 2.75) is 17.7 Å².